The highest BCUT2D eigenvalue weighted by atomic mass is 32.1. The topological polar surface area (TPSA) is 67.6 Å². The third-order valence-electron chi connectivity index (χ3n) is 7.35. The van der Waals surface area contributed by atoms with Crippen molar-refractivity contribution in [2.24, 2.45) is 5.92 Å². The number of likely N-dealkylation sites (tertiary alicyclic amines) is 1. The molecule has 0 aromatic carbocycles. The Hall–Kier alpha value is -1.84. The second-order valence-electron chi connectivity index (χ2n) is 9.89. The van der Waals surface area contributed by atoms with E-state index in [0.717, 1.165) is 50.1 Å². The third-order valence-corrected chi connectivity index (χ3v) is 8.73. The van der Waals surface area contributed by atoms with Crippen LogP contribution in [0.15, 0.2) is 16.7 Å². The van der Waals surface area contributed by atoms with Gasteiger partial charge in [-0.2, -0.15) is 0 Å². The molecule has 1 amide bonds. The van der Waals surface area contributed by atoms with E-state index in [-0.39, 0.29) is 29.7 Å². The van der Waals surface area contributed by atoms with Crippen molar-refractivity contribution in [2.75, 3.05) is 19.7 Å². The van der Waals surface area contributed by atoms with Gasteiger partial charge in [-0.15, -0.1) is 11.3 Å². The van der Waals surface area contributed by atoms with Crippen molar-refractivity contribution in [3.05, 3.63) is 38.9 Å². The molecule has 1 aliphatic carbocycles. The van der Waals surface area contributed by atoms with Gasteiger partial charge in [0.25, 0.3) is 5.91 Å². The smallest absolute Gasteiger partial charge is 0.290 e. The van der Waals surface area contributed by atoms with Crippen LogP contribution in [-0.4, -0.2) is 54.2 Å². The zero-order chi connectivity index (χ0) is 23.2. The highest BCUT2D eigenvalue weighted by Gasteiger charge is 2.45. The number of hydrogen-bond donors (Lipinski definition) is 1. The number of piperidine rings is 1. The molecular formula is C24H31F2N3O3S. The first kappa shape index (κ1) is 22.9. The van der Waals surface area contributed by atoms with Crippen LogP contribution in [0.1, 0.15) is 64.2 Å². The molecular weight excluding hydrogens is 448 g/mol. The predicted molar refractivity (Wildman–Crippen MR) is 121 cm³/mol. The van der Waals surface area contributed by atoms with Crippen LogP contribution >= 0.6 is 11.3 Å². The molecule has 2 aromatic rings. The molecule has 1 saturated carbocycles. The van der Waals surface area contributed by atoms with Gasteiger partial charge in [-0.05, 0) is 63.5 Å². The molecule has 2 aliphatic heterocycles. The highest BCUT2D eigenvalue weighted by molar-refractivity contribution is 7.12. The average molecular weight is 480 g/mol. The number of aromatic nitrogens is 1. The minimum atomic E-state index is -2.31. The number of hydrogen-bond acceptors (Lipinski definition) is 6. The van der Waals surface area contributed by atoms with E-state index in [1.165, 1.54) is 21.8 Å². The normalized spacial score (nSPS) is 29.8. The number of amides is 1. The summed E-state index contributed by atoms with van der Waals surface area (Å²) in [7, 11) is 0. The first-order valence-electron chi connectivity index (χ1n) is 11.8. The van der Waals surface area contributed by atoms with Gasteiger partial charge in [0.15, 0.2) is 0 Å². The first-order valence-corrected chi connectivity index (χ1v) is 12.7. The monoisotopic (exact) mass is 479 g/mol. The molecule has 0 radical (unpaired) electrons. The molecule has 4 heterocycles. The molecule has 3 aliphatic rings. The molecule has 1 spiro atoms. The SMILES string of the molecule is Cc1cc(C(=O)N[C@H]2C[C@@H](CN3CC[C@]4(C[C@@H]3C)OCCc3cc(CC(F)F)sc34)C2)on1. The number of carbonyl (C=O) groups is 1. The third kappa shape index (κ3) is 4.72. The molecule has 1 N–H and O–H groups in total. The van der Waals surface area contributed by atoms with E-state index < -0.39 is 6.43 Å². The Morgan fingerprint density at radius 2 is 2.21 bits per heavy atom. The number of nitrogens with zero attached hydrogens (tertiary/aromatic N) is 2. The highest BCUT2D eigenvalue weighted by Crippen LogP contribution is 2.47. The number of thiophene rings is 1. The molecule has 9 heteroatoms. The van der Waals surface area contributed by atoms with Gasteiger partial charge in [0.05, 0.1) is 12.3 Å². The summed E-state index contributed by atoms with van der Waals surface area (Å²) < 4.78 is 37.2. The van der Waals surface area contributed by atoms with Gasteiger partial charge in [-0.3, -0.25) is 4.79 Å². The number of fused-ring (bicyclic) bond motifs is 2. The number of rotatable bonds is 6. The van der Waals surface area contributed by atoms with Crippen LogP contribution in [0, 0.1) is 12.8 Å². The Labute approximate surface area is 196 Å². The lowest BCUT2D eigenvalue weighted by Crippen LogP contribution is -2.54. The summed E-state index contributed by atoms with van der Waals surface area (Å²) in [5.41, 5.74) is 1.59. The summed E-state index contributed by atoms with van der Waals surface area (Å²) in [4.78, 5) is 16.7. The zero-order valence-electron chi connectivity index (χ0n) is 19.1. The maximum Gasteiger partial charge on any atom is 0.290 e. The van der Waals surface area contributed by atoms with Crippen molar-refractivity contribution >= 4 is 17.2 Å². The summed E-state index contributed by atoms with van der Waals surface area (Å²) in [5.74, 6) is 0.633. The van der Waals surface area contributed by atoms with E-state index in [1.54, 1.807) is 13.0 Å². The zero-order valence-corrected chi connectivity index (χ0v) is 19.9. The van der Waals surface area contributed by atoms with Crippen LogP contribution in [0.2, 0.25) is 0 Å². The quantitative estimate of drug-likeness (QED) is 0.669. The van der Waals surface area contributed by atoms with Gasteiger partial charge in [-0.1, -0.05) is 5.16 Å². The molecule has 2 atom stereocenters. The molecule has 33 heavy (non-hydrogen) atoms. The minimum absolute atomic E-state index is 0.162. The van der Waals surface area contributed by atoms with E-state index in [1.807, 2.05) is 6.07 Å². The van der Waals surface area contributed by atoms with Crippen LogP contribution < -0.4 is 5.32 Å². The number of aryl methyl sites for hydroxylation is 1. The van der Waals surface area contributed by atoms with E-state index in [2.05, 4.69) is 22.3 Å². The Bertz CT molecular complexity index is 1000. The van der Waals surface area contributed by atoms with Gasteiger partial charge in [-0.25, -0.2) is 8.78 Å². The lowest BCUT2D eigenvalue weighted by atomic mass is 9.77. The van der Waals surface area contributed by atoms with E-state index in [9.17, 15) is 13.6 Å². The maximum atomic E-state index is 12.9. The Morgan fingerprint density at radius 1 is 1.39 bits per heavy atom. The molecule has 5 rings (SSSR count). The molecule has 1 saturated heterocycles. The van der Waals surface area contributed by atoms with Crippen molar-refractivity contribution in [1.82, 2.24) is 15.4 Å². The lowest BCUT2D eigenvalue weighted by Gasteiger charge is -2.49. The molecule has 2 aromatic heterocycles. The van der Waals surface area contributed by atoms with E-state index in [4.69, 9.17) is 9.26 Å². The Balaban J connectivity index is 1.14. The van der Waals surface area contributed by atoms with Crippen molar-refractivity contribution in [3.8, 4) is 0 Å². The molecule has 2 fully saturated rings. The van der Waals surface area contributed by atoms with Crippen molar-refractivity contribution in [2.45, 2.75) is 76.5 Å². The number of halogens is 2. The van der Waals surface area contributed by atoms with Crippen LogP contribution in [-0.2, 0) is 23.2 Å². The lowest BCUT2D eigenvalue weighted by molar-refractivity contribution is -0.112. The van der Waals surface area contributed by atoms with Crippen LogP contribution in [0.4, 0.5) is 8.78 Å². The van der Waals surface area contributed by atoms with Crippen molar-refractivity contribution < 1.29 is 22.8 Å². The van der Waals surface area contributed by atoms with Crippen molar-refractivity contribution in [1.29, 1.82) is 0 Å². The fraction of sp³-hybridized carbons (Fsp3) is 0.667. The van der Waals surface area contributed by atoms with Gasteiger partial charge in [0.2, 0.25) is 12.2 Å². The number of nitrogens with one attached hydrogen (secondary N) is 1. The van der Waals surface area contributed by atoms with E-state index in [0.29, 0.717) is 24.3 Å². The minimum Gasteiger partial charge on any atom is -0.369 e. The molecule has 0 bridgehead atoms. The fourth-order valence-electron chi connectivity index (χ4n) is 5.65. The maximum absolute atomic E-state index is 12.9. The number of ether oxygens (including phenoxy) is 1. The summed E-state index contributed by atoms with van der Waals surface area (Å²) in [5, 5.41) is 6.80. The second kappa shape index (κ2) is 9.07. The Morgan fingerprint density at radius 3 is 2.91 bits per heavy atom. The van der Waals surface area contributed by atoms with Crippen LogP contribution in [0.5, 0.6) is 0 Å². The second-order valence-corrected chi connectivity index (χ2v) is 11.0. The summed E-state index contributed by atoms with van der Waals surface area (Å²) in [6.45, 7) is 6.66. The predicted octanol–water partition coefficient (Wildman–Crippen LogP) is 4.31. The number of alkyl halides is 2. The Kier molecular flexibility index (Phi) is 6.30. The first-order chi connectivity index (χ1) is 15.8. The largest absolute Gasteiger partial charge is 0.369 e. The van der Waals surface area contributed by atoms with Gasteiger partial charge >= 0.3 is 0 Å². The van der Waals surface area contributed by atoms with Crippen molar-refractivity contribution in [3.63, 3.8) is 0 Å². The van der Waals surface area contributed by atoms with E-state index >= 15 is 0 Å². The van der Waals surface area contributed by atoms with Gasteiger partial charge < -0.3 is 19.5 Å². The molecule has 0 unspecified atom stereocenters. The molecule has 6 nitrogen and oxygen atoms in total. The standard InChI is InChI=1S/C24H31F2N3O3S/c1-14-7-20(32-28-14)23(30)27-18-8-16(9-18)13-29-5-4-24(12-15(29)2)22-17(3-6-31-24)10-19(33-22)11-21(25)26/h7,10,15-16,18,21H,3-6,8-9,11-13H2,1-2H3,(H,27,30)/t15-,16-,18+,24+/m0/s1. The summed E-state index contributed by atoms with van der Waals surface area (Å²) >= 11 is 1.53. The number of carbonyl (C=O) groups excluding carboxylic acids is 1. The van der Waals surface area contributed by atoms with Crippen LogP contribution in [0.25, 0.3) is 0 Å². The van der Waals surface area contributed by atoms with Gasteiger partial charge in [0, 0.05) is 47.4 Å². The summed E-state index contributed by atoms with van der Waals surface area (Å²) in [6.07, 6.45) is 2.08. The van der Waals surface area contributed by atoms with Gasteiger partial charge in [0.1, 0.15) is 5.60 Å². The molecule has 180 valence electrons. The van der Waals surface area contributed by atoms with Crippen LogP contribution in [0.3, 0.4) is 0 Å². The average Bonchev–Trinajstić information content (AvgIpc) is 3.34. The summed E-state index contributed by atoms with van der Waals surface area (Å²) in [6, 6.07) is 4.18. The fourth-order valence-corrected chi connectivity index (χ4v) is 7.05.